The second-order valence-electron chi connectivity index (χ2n) is 3.74. The number of allylic oxidation sites excluding steroid dienone is 1. The monoisotopic (exact) mass is 220 g/mol. The molecule has 2 nitrogen and oxygen atoms in total. The van der Waals surface area contributed by atoms with E-state index < -0.39 is 0 Å². The molecule has 15 heavy (non-hydrogen) atoms. The summed E-state index contributed by atoms with van der Waals surface area (Å²) in [5.74, 6) is 1.22. The first kappa shape index (κ1) is 8.86. The van der Waals surface area contributed by atoms with E-state index in [0.717, 1.165) is 11.3 Å². The Balaban J connectivity index is 2.11. The molecular weight excluding hydrogens is 212 g/mol. The minimum absolute atomic E-state index is 0.00522. The van der Waals surface area contributed by atoms with Gasteiger partial charge in [-0.05, 0) is 36.4 Å². The first-order chi connectivity index (χ1) is 7.24. The third kappa shape index (κ3) is 1.33. The topological polar surface area (TPSA) is 29.5 Å². The predicted molar refractivity (Wildman–Crippen MR) is 58.5 cm³/mol. The molecular formula is C12H9ClO2. The van der Waals surface area contributed by atoms with Gasteiger partial charge in [0.1, 0.15) is 17.6 Å². The van der Waals surface area contributed by atoms with Gasteiger partial charge in [-0.15, -0.1) is 0 Å². The quantitative estimate of drug-likeness (QED) is 0.728. The molecule has 1 aromatic carbocycles. The molecule has 0 spiro atoms. The van der Waals surface area contributed by atoms with Crippen molar-refractivity contribution in [2.45, 2.75) is 12.0 Å². The van der Waals surface area contributed by atoms with E-state index in [2.05, 4.69) is 0 Å². The Kier molecular flexibility index (Phi) is 1.80. The smallest absolute Gasteiger partial charge is 0.128 e. The Hall–Kier alpha value is -1.41. The van der Waals surface area contributed by atoms with Gasteiger partial charge in [0.05, 0.1) is 5.92 Å². The number of rotatable bonds is 0. The predicted octanol–water partition coefficient (Wildman–Crippen LogP) is 3.20. The zero-order chi connectivity index (χ0) is 10.4. The van der Waals surface area contributed by atoms with Crippen LogP contribution in [0.4, 0.5) is 0 Å². The lowest BCUT2D eigenvalue weighted by Gasteiger charge is -2.15. The van der Waals surface area contributed by atoms with E-state index in [9.17, 15) is 5.11 Å². The van der Waals surface area contributed by atoms with Crippen LogP contribution in [-0.4, -0.2) is 11.2 Å². The van der Waals surface area contributed by atoms with Crippen molar-refractivity contribution in [2.24, 2.45) is 0 Å². The highest BCUT2D eigenvalue weighted by Crippen LogP contribution is 2.42. The summed E-state index contributed by atoms with van der Waals surface area (Å²) in [6.07, 6.45) is 5.32. The van der Waals surface area contributed by atoms with Gasteiger partial charge in [0, 0.05) is 10.6 Å². The maximum absolute atomic E-state index is 9.44. The fourth-order valence-electron chi connectivity index (χ4n) is 2.06. The van der Waals surface area contributed by atoms with Crippen LogP contribution in [0, 0.1) is 0 Å². The number of aliphatic hydroxyl groups is 1. The van der Waals surface area contributed by atoms with Crippen molar-refractivity contribution in [2.75, 3.05) is 0 Å². The lowest BCUT2D eigenvalue weighted by molar-refractivity contribution is 0.263. The molecule has 3 heteroatoms. The van der Waals surface area contributed by atoms with Gasteiger partial charge < -0.3 is 9.84 Å². The average Bonchev–Trinajstić information content (AvgIpc) is 2.56. The van der Waals surface area contributed by atoms with E-state index in [1.165, 1.54) is 0 Å². The first-order valence-corrected chi connectivity index (χ1v) is 5.17. The van der Waals surface area contributed by atoms with Crippen molar-refractivity contribution in [1.29, 1.82) is 0 Å². The van der Waals surface area contributed by atoms with Crippen molar-refractivity contribution < 1.29 is 9.84 Å². The molecule has 0 bridgehead atoms. The van der Waals surface area contributed by atoms with Crippen LogP contribution in [-0.2, 0) is 0 Å². The zero-order valence-corrected chi connectivity index (χ0v) is 8.61. The van der Waals surface area contributed by atoms with E-state index in [-0.39, 0.29) is 17.8 Å². The van der Waals surface area contributed by atoms with Gasteiger partial charge in [-0.1, -0.05) is 11.6 Å². The fourth-order valence-corrected chi connectivity index (χ4v) is 2.24. The third-order valence-corrected chi connectivity index (χ3v) is 2.99. The summed E-state index contributed by atoms with van der Waals surface area (Å²) < 4.78 is 5.71. The van der Waals surface area contributed by atoms with Crippen molar-refractivity contribution >= 4 is 11.6 Å². The summed E-state index contributed by atoms with van der Waals surface area (Å²) in [5, 5.41) is 10.1. The molecule has 1 aliphatic carbocycles. The van der Waals surface area contributed by atoms with Gasteiger partial charge in [-0.3, -0.25) is 0 Å². The Labute approximate surface area is 92.4 Å². The van der Waals surface area contributed by atoms with Gasteiger partial charge in [0.25, 0.3) is 0 Å². The number of hydrogen-bond donors (Lipinski definition) is 1. The van der Waals surface area contributed by atoms with Crippen molar-refractivity contribution in [3.63, 3.8) is 0 Å². The fraction of sp³-hybridized carbons (Fsp3) is 0.167. The Bertz CT molecular complexity index is 477. The summed E-state index contributed by atoms with van der Waals surface area (Å²) in [7, 11) is 0. The molecule has 0 saturated heterocycles. The van der Waals surface area contributed by atoms with Crippen LogP contribution in [0.1, 0.15) is 11.5 Å². The average molecular weight is 221 g/mol. The summed E-state index contributed by atoms with van der Waals surface area (Å²) in [6.45, 7) is 0. The van der Waals surface area contributed by atoms with Crippen LogP contribution in [0.15, 0.2) is 42.2 Å². The summed E-state index contributed by atoms with van der Waals surface area (Å²) in [4.78, 5) is 0. The number of benzene rings is 1. The molecule has 0 aromatic heterocycles. The molecule has 1 aliphatic heterocycles. The van der Waals surface area contributed by atoms with Crippen molar-refractivity contribution in [1.82, 2.24) is 0 Å². The second kappa shape index (κ2) is 3.04. The van der Waals surface area contributed by atoms with E-state index in [0.29, 0.717) is 5.02 Å². The number of halogens is 1. The van der Waals surface area contributed by atoms with Crippen LogP contribution < -0.4 is 4.74 Å². The van der Waals surface area contributed by atoms with Crippen molar-refractivity contribution in [3.8, 4) is 5.75 Å². The van der Waals surface area contributed by atoms with Crippen LogP contribution in [0.2, 0.25) is 5.02 Å². The Morgan fingerprint density at radius 2 is 2.20 bits per heavy atom. The van der Waals surface area contributed by atoms with Crippen LogP contribution in [0.25, 0.3) is 0 Å². The number of hydrogen-bond acceptors (Lipinski definition) is 2. The highest BCUT2D eigenvalue weighted by atomic mass is 35.5. The molecule has 3 rings (SSSR count). The maximum Gasteiger partial charge on any atom is 0.128 e. The SMILES string of the molecule is OC1=C[C@H]2c3cc(Cl)ccc3OC2C=C1. The van der Waals surface area contributed by atoms with Crippen molar-refractivity contribution in [3.05, 3.63) is 52.8 Å². The van der Waals surface area contributed by atoms with E-state index >= 15 is 0 Å². The van der Waals surface area contributed by atoms with Crippen LogP contribution >= 0.6 is 11.6 Å². The molecule has 0 saturated carbocycles. The largest absolute Gasteiger partial charge is 0.508 e. The molecule has 1 heterocycles. The minimum atomic E-state index is -0.00522. The van der Waals surface area contributed by atoms with Gasteiger partial charge in [-0.2, -0.15) is 0 Å². The van der Waals surface area contributed by atoms with Gasteiger partial charge in [-0.25, -0.2) is 0 Å². The maximum atomic E-state index is 9.44. The summed E-state index contributed by atoms with van der Waals surface area (Å²) in [5.41, 5.74) is 1.04. The van der Waals surface area contributed by atoms with Crippen LogP contribution in [0.5, 0.6) is 5.75 Å². The van der Waals surface area contributed by atoms with E-state index in [1.807, 2.05) is 24.3 Å². The minimum Gasteiger partial charge on any atom is -0.508 e. The Morgan fingerprint density at radius 3 is 3.07 bits per heavy atom. The first-order valence-electron chi connectivity index (χ1n) is 4.79. The molecule has 1 unspecified atom stereocenters. The normalized spacial score (nSPS) is 26.6. The highest BCUT2D eigenvalue weighted by molar-refractivity contribution is 6.30. The molecule has 0 radical (unpaired) electrons. The molecule has 76 valence electrons. The second-order valence-corrected chi connectivity index (χ2v) is 4.18. The zero-order valence-electron chi connectivity index (χ0n) is 7.85. The molecule has 0 fully saturated rings. The summed E-state index contributed by atoms with van der Waals surface area (Å²) in [6, 6.07) is 5.57. The number of fused-ring (bicyclic) bond motifs is 3. The van der Waals surface area contributed by atoms with E-state index in [1.54, 1.807) is 12.2 Å². The van der Waals surface area contributed by atoms with Gasteiger partial charge in [0.2, 0.25) is 0 Å². The molecule has 1 N–H and O–H groups in total. The van der Waals surface area contributed by atoms with Crippen LogP contribution in [0.3, 0.4) is 0 Å². The Morgan fingerprint density at radius 1 is 1.33 bits per heavy atom. The highest BCUT2D eigenvalue weighted by Gasteiger charge is 2.33. The summed E-state index contributed by atoms with van der Waals surface area (Å²) >= 11 is 5.93. The van der Waals surface area contributed by atoms with Gasteiger partial charge in [0.15, 0.2) is 0 Å². The third-order valence-electron chi connectivity index (χ3n) is 2.75. The van der Waals surface area contributed by atoms with Gasteiger partial charge >= 0.3 is 0 Å². The molecule has 2 aliphatic rings. The number of ether oxygens (including phenoxy) is 1. The lowest BCUT2D eigenvalue weighted by atomic mass is 9.91. The van der Waals surface area contributed by atoms with E-state index in [4.69, 9.17) is 16.3 Å². The molecule has 2 atom stereocenters. The molecule has 0 amide bonds. The number of aliphatic hydroxyl groups excluding tert-OH is 1. The molecule has 1 aromatic rings. The standard InChI is InChI=1S/C12H9ClO2/c13-7-1-3-11-9(5-7)10-6-8(14)2-4-12(10)15-11/h1-6,10,12,14H/t10-,12?/m0/s1. The lowest BCUT2D eigenvalue weighted by Crippen LogP contribution is -2.17.